The molecule has 12 heavy (non-hydrogen) atoms. The molecule has 0 atom stereocenters. The SMILES string of the molecule is C=Cc1ccc(COC)cc1Cl. The molecule has 0 radical (unpaired) electrons. The number of rotatable bonds is 3. The van der Waals surface area contributed by atoms with E-state index in [1.807, 2.05) is 18.2 Å². The minimum atomic E-state index is 0.594. The zero-order valence-corrected chi connectivity index (χ0v) is 7.77. The molecule has 1 aromatic rings. The van der Waals surface area contributed by atoms with Gasteiger partial charge in [0.2, 0.25) is 0 Å². The Balaban J connectivity index is 2.93. The Labute approximate surface area is 77.6 Å². The van der Waals surface area contributed by atoms with Crippen LogP contribution >= 0.6 is 11.6 Å². The van der Waals surface area contributed by atoms with E-state index in [9.17, 15) is 0 Å². The monoisotopic (exact) mass is 182 g/mol. The van der Waals surface area contributed by atoms with Gasteiger partial charge in [-0.15, -0.1) is 0 Å². The van der Waals surface area contributed by atoms with Gasteiger partial charge >= 0.3 is 0 Å². The third kappa shape index (κ3) is 2.10. The normalized spacial score (nSPS) is 9.83. The highest BCUT2D eigenvalue weighted by molar-refractivity contribution is 6.32. The molecule has 0 spiro atoms. The average molecular weight is 183 g/mol. The Kier molecular flexibility index (Phi) is 3.32. The van der Waals surface area contributed by atoms with Crippen LogP contribution in [0.1, 0.15) is 11.1 Å². The summed E-state index contributed by atoms with van der Waals surface area (Å²) < 4.78 is 4.97. The van der Waals surface area contributed by atoms with Crippen LogP contribution in [0, 0.1) is 0 Å². The first-order valence-corrected chi connectivity index (χ1v) is 4.05. The predicted molar refractivity (Wildman–Crippen MR) is 52.3 cm³/mol. The van der Waals surface area contributed by atoms with E-state index in [1.165, 1.54) is 0 Å². The van der Waals surface area contributed by atoms with Crippen molar-refractivity contribution in [2.75, 3.05) is 7.11 Å². The summed E-state index contributed by atoms with van der Waals surface area (Å²) in [6.07, 6.45) is 1.74. The van der Waals surface area contributed by atoms with Crippen molar-refractivity contribution in [3.8, 4) is 0 Å². The summed E-state index contributed by atoms with van der Waals surface area (Å²) in [5.41, 5.74) is 2.03. The molecular weight excluding hydrogens is 172 g/mol. The number of benzene rings is 1. The highest BCUT2D eigenvalue weighted by Crippen LogP contribution is 2.18. The van der Waals surface area contributed by atoms with Crippen molar-refractivity contribution >= 4 is 17.7 Å². The lowest BCUT2D eigenvalue weighted by atomic mass is 10.1. The van der Waals surface area contributed by atoms with Crippen LogP contribution in [0.25, 0.3) is 6.08 Å². The summed E-state index contributed by atoms with van der Waals surface area (Å²) in [6.45, 7) is 4.25. The van der Waals surface area contributed by atoms with Crippen LogP contribution in [0.4, 0.5) is 0 Å². The molecule has 0 saturated heterocycles. The van der Waals surface area contributed by atoms with Crippen molar-refractivity contribution < 1.29 is 4.74 Å². The minimum absolute atomic E-state index is 0.594. The summed E-state index contributed by atoms with van der Waals surface area (Å²) in [7, 11) is 1.66. The maximum Gasteiger partial charge on any atom is 0.0713 e. The van der Waals surface area contributed by atoms with Gasteiger partial charge in [-0.2, -0.15) is 0 Å². The highest BCUT2D eigenvalue weighted by atomic mass is 35.5. The third-order valence-electron chi connectivity index (χ3n) is 1.60. The van der Waals surface area contributed by atoms with E-state index in [2.05, 4.69) is 6.58 Å². The van der Waals surface area contributed by atoms with E-state index in [1.54, 1.807) is 13.2 Å². The molecule has 1 nitrogen and oxygen atoms in total. The quantitative estimate of drug-likeness (QED) is 0.698. The molecule has 64 valence electrons. The van der Waals surface area contributed by atoms with E-state index in [4.69, 9.17) is 16.3 Å². The second-order valence-corrected chi connectivity index (χ2v) is 2.90. The van der Waals surface area contributed by atoms with Crippen LogP contribution in [0.15, 0.2) is 24.8 Å². The molecule has 1 aromatic carbocycles. The Hall–Kier alpha value is -0.790. The predicted octanol–water partition coefficient (Wildman–Crippen LogP) is 3.13. The third-order valence-corrected chi connectivity index (χ3v) is 1.92. The molecule has 0 fully saturated rings. The van der Waals surface area contributed by atoms with Gasteiger partial charge in [0.15, 0.2) is 0 Å². The molecule has 0 aliphatic heterocycles. The van der Waals surface area contributed by atoms with Crippen molar-refractivity contribution in [2.24, 2.45) is 0 Å². The van der Waals surface area contributed by atoms with Crippen molar-refractivity contribution in [2.45, 2.75) is 6.61 Å². The number of ether oxygens (including phenoxy) is 1. The van der Waals surface area contributed by atoms with Gasteiger partial charge in [0.05, 0.1) is 6.61 Å². The Morgan fingerprint density at radius 1 is 1.58 bits per heavy atom. The second kappa shape index (κ2) is 4.29. The lowest BCUT2D eigenvalue weighted by Gasteiger charge is -2.02. The van der Waals surface area contributed by atoms with Gasteiger partial charge in [-0.05, 0) is 17.2 Å². The van der Waals surface area contributed by atoms with Crippen molar-refractivity contribution in [1.29, 1.82) is 0 Å². The van der Waals surface area contributed by atoms with Crippen molar-refractivity contribution in [1.82, 2.24) is 0 Å². The molecular formula is C10H11ClO. The smallest absolute Gasteiger partial charge is 0.0713 e. The van der Waals surface area contributed by atoms with Crippen LogP contribution in [0.2, 0.25) is 5.02 Å². The first-order valence-electron chi connectivity index (χ1n) is 3.67. The Morgan fingerprint density at radius 2 is 2.33 bits per heavy atom. The van der Waals surface area contributed by atoms with Gasteiger partial charge in [-0.1, -0.05) is 36.4 Å². The largest absolute Gasteiger partial charge is 0.380 e. The van der Waals surface area contributed by atoms with E-state index in [0.717, 1.165) is 16.1 Å². The summed E-state index contributed by atoms with van der Waals surface area (Å²) >= 11 is 5.94. The fourth-order valence-electron chi connectivity index (χ4n) is 0.993. The zero-order chi connectivity index (χ0) is 8.97. The van der Waals surface area contributed by atoms with Crippen LogP contribution in [-0.2, 0) is 11.3 Å². The first-order chi connectivity index (χ1) is 5.77. The fourth-order valence-corrected chi connectivity index (χ4v) is 1.27. The van der Waals surface area contributed by atoms with Gasteiger partial charge in [0, 0.05) is 12.1 Å². The molecule has 0 N–H and O–H groups in total. The molecule has 0 aliphatic carbocycles. The van der Waals surface area contributed by atoms with Crippen LogP contribution in [0.3, 0.4) is 0 Å². The second-order valence-electron chi connectivity index (χ2n) is 2.49. The highest BCUT2D eigenvalue weighted by Gasteiger charge is 1.97. The summed E-state index contributed by atoms with van der Waals surface area (Å²) in [4.78, 5) is 0. The number of methoxy groups -OCH3 is 1. The molecule has 0 aromatic heterocycles. The molecule has 1 rings (SSSR count). The minimum Gasteiger partial charge on any atom is -0.380 e. The topological polar surface area (TPSA) is 9.23 Å². The fraction of sp³-hybridized carbons (Fsp3) is 0.200. The van der Waals surface area contributed by atoms with E-state index >= 15 is 0 Å². The van der Waals surface area contributed by atoms with Crippen molar-refractivity contribution in [3.05, 3.63) is 40.9 Å². The first kappa shape index (κ1) is 9.30. The number of hydrogen-bond acceptors (Lipinski definition) is 1. The molecule has 0 unspecified atom stereocenters. The zero-order valence-electron chi connectivity index (χ0n) is 7.01. The molecule has 0 aliphatic rings. The lowest BCUT2D eigenvalue weighted by molar-refractivity contribution is 0.185. The standard InChI is InChI=1S/C10H11ClO/c1-3-9-5-4-8(7-12-2)6-10(9)11/h3-6H,1,7H2,2H3. The molecule has 0 amide bonds. The maximum atomic E-state index is 5.94. The van der Waals surface area contributed by atoms with Gasteiger partial charge in [-0.25, -0.2) is 0 Å². The maximum absolute atomic E-state index is 5.94. The molecule has 0 heterocycles. The van der Waals surface area contributed by atoms with E-state index < -0.39 is 0 Å². The summed E-state index contributed by atoms with van der Waals surface area (Å²) in [5.74, 6) is 0. The summed E-state index contributed by atoms with van der Waals surface area (Å²) in [6, 6.07) is 5.80. The van der Waals surface area contributed by atoms with Gasteiger partial charge in [-0.3, -0.25) is 0 Å². The van der Waals surface area contributed by atoms with Gasteiger partial charge < -0.3 is 4.74 Å². The Bertz CT molecular complexity index is 281. The van der Waals surface area contributed by atoms with Crippen LogP contribution in [-0.4, -0.2) is 7.11 Å². The van der Waals surface area contributed by atoms with Crippen LogP contribution < -0.4 is 0 Å². The van der Waals surface area contributed by atoms with E-state index in [-0.39, 0.29) is 0 Å². The molecule has 0 bridgehead atoms. The average Bonchev–Trinajstić information content (AvgIpc) is 2.05. The number of hydrogen-bond donors (Lipinski definition) is 0. The van der Waals surface area contributed by atoms with Gasteiger partial charge in [0.1, 0.15) is 0 Å². The van der Waals surface area contributed by atoms with Crippen LogP contribution in [0.5, 0.6) is 0 Å². The Morgan fingerprint density at radius 3 is 2.83 bits per heavy atom. The molecule has 0 saturated carbocycles. The summed E-state index contributed by atoms with van der Waals surface area (Å²) in [5, 5.41) is 0.722. The molecule has 2 heteroatoms. The van der Waals surface area contributed by atoms with Crippen molar-refractivity contribution in [3.63, 3.8) is 0 Å². The van der Waals surface area contributed by atoms with E-state index in [0.29, 0.717) is 6.61 Å². The number of halogens is 1. The van der Waals surface area contributed by atoms with Gasteiger partial charge in [0.25, 0.3) is 0 Å². The lowest BCUT2D eigenvalue weighted by Crippen LogP contribution is -1.87.